The minimum atomic E-state index is 0.0205. The van der Waals surface area contributed by atoms with Crippen LogP contribution in [-0.4, -0.2) is 7.05 Å². The molecule has 2 aromatic carbocycles. The monoisotopic (exact) mass is 307 g/mol. The van der Waals surface area contributed by atoms with Gasteiger partial charge < -0.3 is 10.1 Å². The number of ether oxygens (including phenoxy) is 1. The minimum absolute atomic E-state index is 0.0205. The van der Waals surface area contributed by atoms with Crippen LogP contribution >= 0.6 is 23.2 Å². The van der Waals surface area contributed by atoms with Crippen molar-refractivity contribution in [1.82, 2.24) is 5.32 Å². The van der Waals surface area contributed by atoms with Crippen LogP contribution in [0.4, 0.5) is 0 Å². The standard InChI is InChI=1S/C16H15Cl2NO/c1-19-16(14-7-13(17)4-5-15(14)18)10-2-3-11-8-20-9-12(11)6-10/h2-7,16,19H,8-9H2,1H3. The van der Waals surface area contributed by atoms with Crippen molar-refractivity contribution in [2.75, 3.05) is 7.05 Å². The molecule has 1 heterocycles. The topological polar surface area (TPSA) is 21.3 Å². The van der Waals surface area contributed by atoms with Gasteiger partial charge in [0.05, 0.1) is 19.3 Å². The first kappa shape index (κ1) is 13.9. The second kappa shape index (κ2) is 5.74. The van der Waals surface area contributed by atoms with Gasteiger partial charge in [0.25, 0.3) is 0 Å². The molecule has 104 valence electrons. The molecule has 1 aliphatic heterocycles. The fourth-order valence-corrected chi connectivity index (χ4v) is 3.02. The summed E-state index contributed by atoms with van der Waals surface area (Å²) in [6.45, 7) is 1.39. The molecule has 3 rings (SSSR count). The van der Waals surface area contributed by atoms with E-state index in [1.807, 2.05) is 19.2 Å². The van der Waals surface area contributed by atoms with E-state index in [0.29, 0.717) is 23.3 Å². The first-order valence-electron chi connectivity index (χ1n) is 6.50. The van der Waals surface area contributed by atoms with E-state index in [9.17, 15) is 0 Å². The molecule has 0 fully saturated rings. The molecule has 1 unspecified atom stereocenters. The normalized spacial score (nSPS) is 15.2. The van der Waals surface area contributed by atoms with Gasteiger partial charge in [0.15, 0.2) is 0 Å². The summed E-state index contributed by atoms with van der Waals surface area (Å²) in [6, 6.07) is 12.0. The van der Waals surface area contributed by atoms with Crippen molar-refractivity contribution in [3.63, 3.8) is 0 Å². The first-order valence-corrected chi connectivity index (χ1v) is 7.26. The van der Waals surface area contributed by atoms with Gasteiger partial charge in [-0.15, -0.1) is 0 Å². The van der Waals surface area contributed by atoms with Crippen molar-refractivity contribution in [2.45, 2.75) is 19.3 Å². The zero-order valence-corrected chi connectivity index (χ0v) is 12.6. The molecular formula is C16H15Cl2NO. The van der Waals surface area contributed by atoms with Crippen molar-refractivity contribution < 1.29 is 4.74 Å². The molecule has 0 saturated heterocycles. The van der Waals surface area contributed by atoms with E-state index < -0.39 is 0 Å². The van der Waals surface area contributed by atoms with Crippen LogP contribution in [-0.2, 0) is 18.0 Å². The Morgan fingerprint density at radius 2 is 1.85 bits per heavy atom. The molecular weight excluding hydrogens is 293 g/mol. The predicted octanol–water partition coefficient (Wildman–Crippen LogP) is 4.33. The maximum atomic E-state index is 6.31. The first-order chi connectivity index (χ1) is 9.69. The second-order valence-electron chi connectivity index (χ2n) is 4.91. The van der Waals surface area contributed by atoms with E-state index in [0.717, 1.165) is 5.56 Å². The molecule has 0 spiro atoms. The van der Waals surface area contributed by atoms with Gasteiger partial charge in [0, 0.05) is 10.0 Å². The van der Waals surface area contributed by atoms with E-state index in [1.54, 1.807) is 6.07 Å². The van der Waals surface area contributed by atoms with Crippen molar-refractivity contribution >= 4 is 23.2 Å². The summed E-state index contributed by atoms with van der Waals surface area (Å²) in [7, 11) is 1.92. The summed E-state index contributed by atoms with van der Waals surface area (Å²) in [6.07, 6.45) is 0. The molecule has 2 nitrogen and oxygen atoms in total. The minimum Gasteiger partial charge on any atom is -0.372 e. The highest BCUT2D eigenvalue weighted by molar-refractivity contribution is 6.33. The van der Waals surface area contributed by atoms with Crippen LogP contribution in [0.5, 0.6) is 0 Å². The SMILES string of the molecule is CNC(c1ccc2c(c1)COC2)c1cc(Cl)ccc1Cl. The number of rotatable bonds is 3. The average Bonchev–Trinajstić information content (AvgIpc) is 2.91. The van der Waals surface area contributed by atoms with Crippen molar-refractivity contribution in [3.05, 3.63) is 68.7 Å². The van der Waals surface area contributed by atoms with Crippen LogP contribution in [0, 0.1) is 0 Å². The molecule has 0 aromatic heterocycles. The quantitative estimate of drug-likeness (QED) is 0.911. The Balaban J connectivity index is 2.03. The van der Waals surface area contributed by atoms with Crippen LogP contribution in [0.3, 0.4) is 0 Å². The summed E-state index contributed by atoms with van der Waals surface area (Å²) in [5.74, 6) is 0. The molecule has 1 atom stereocenters. The second-order valence-corrected chi connectivity index (χ2v) is 5.75. The Morgan fingerprint density at radius 1 is 1.05 bits per heavy atom. The van der Waals surface area contributed by atoms with Gasteiger partial charge in [0.1, 0.15) is 0 Å². The number of hydrogen-bond donors (Lipinski definition) is 1. The Bertz CT molecular complexity index is 642. The lowest BCUT2D eigenvalue weighted by molar-refractivity contribution is 0.134. The summed E-state index contributed by atoms with van der Waals surface area (Å²) in [5.41, 5.74) is 4.67. The van der Waals surface area contributed by atoms with Gasteiger partial charge in [-0.05, 0) is 47.5 Å². The van der Waals surface area contributed by atoms with E-state index in [4.69, 9.17) is 27.9 Å². The fraction of sp³-hybridized carbons (Fsp3) is 0.250. The van der Waals surface area contributed by atoms with E-state index in [-0.39, 0.29) is 6.04 Å². The van der Waals surface area contributed by atoms with Gasteiger partial charge >= 0.3 is 0 Å². The highest BCUT2D eigenvalue weighted by Crippen LogP contribution is 2.32. The van der Waals surface area contributed by atoms with E-state index in [1.165, 1.54) is 16.7 Å². The molecule has 0 radical (unpaired) electrons. The Kier molecular flexibility index (Phi) is 3.99. The van der Waals surface area contributed by atoms with Crippen LogP contribution in [0.1, 0.15) is 28.3 Å². The third-order valence-electron chi connectivity index (χ3n) is 3.64. The lowest BCUT2D eigenvalue weighted by atomic mass is 9.96. The van der Waals surface area contributed by atoms with Crippen molar-refractivity contribution in [3.8, 4) is 0 Å². The van der Waals surface area contributed by atoms with E-state index >= 15 is 0 Å². The molecule has 0 aliphatic carbocycles. The Morgan fingerprint density at radius 3 is 2.65 bits per heavy atom. The Hall–Kier alpha value is -1.06. The van der Waals surface area contributed by atoms with Gasteiger partial charge in [-0.3, -0.25) is 0 Å². The fourth-order valence-electron chi connectivity index (χ4n) is 2.61. The smallest absolute Gasteiger partial charge is 0.0725 e. The largest absolute Gasteiger partial charge is 0.372 e. The number of halogens is 2. The maximum absolute atomic E-state index is 6.31. The molecule has 1 aliphatic rings. The third kappa shape index (κ3) is 2.57. The lowest BCUT2D eigenvalue weighted by Crippen LogP contribution is -2.18. The summed E-state index contributed by atoms with van der Waals surface area (Å²) in [4.78, 5) is 0. The molecule has 20 heavy (non-hydrogen) atoms. The maximum Gasteiger partial charge on any atom is 0.0725 e. The van der Waals surface area contributed by atoms with Crippen LogP contribution in [0.2, 0.25) is 10.0 Å². The van der Waals surface area contributed by atoms with Crippen molar-refractivity contribution in [2.24, 2.45) is 0 Å². The highest BCUT2D eigenvalue weighted by Gasteiger charge is 2.19. The van der Waals surface area contributed by atoms with Crippen LogP contribution in [0.25, 0.3) is 0 Å². The average molecular weight is 308 g/mol. The molecule has 0 saturated carbocycles. The summed E-state index contributed by atoms with van der Waals surface area (Å²) < 4.78 is 5.46. The molecule has 0 amide bonds. The Labute approximate surface area is 128 Å². The third-order valence-corrected chi connectivity index (χ3v) is 4.22. The zero-order chi connectivity index (χ0) is 14.1. The number of nitrogens with one attached hydrogen (secondary N) is 1. The zero-order valence-electron chi connectivity index (χ0n) is 11.1. The number of hydrogen-bond acceptors (Lipinski definition) is 2. The molecule has 0 bridgehead atoms. The van der Waals surface area contributed by atoms with Crippen LogP contribution in [0.15, 0.2) is 36.4 Å². The van der Waals surface area contributed by atoms with Gasteiger partial charge in [-0.1, -0.05) is 41.4 Å². The number of benzene rings is 2. The predicted molar refractivity (Wildman–Crippen MR) is 82.3 cm³/mol. The molecule has 1 N–H and O–H groups in total. The lowest BCUT2D eigenvalue weighted by Gasteiger charge is -2.19. The summed E-state index contributed by atoms with van der Waals surface area (Å²) in [5, 5.41) is 4.71. The molecule has 2 aromatic rings. The van der Waals surface area contributed by atoms with Crippen molar-refractivity contribution in [1.29, 1.82) is 0 Å². The highest BCUT2D eigenvalue weighted by atomic mass is 35.5. The summed E-state index contributed by atoms with van der Waals surface area (Å²) >= 11 is 12.4. The van der Waals surface area contributed by atoms with E-state index in [2.05, 4.69) is 23.5 Å². The van der Waals surface area contributed by atoms with Gasteiger partial charge in [0.2, 0.25) is 0 Å². The molecule has 4 heteroatoms. The number of fused-ring (bicyclic) bond motifs is 1. The van der Waals surface area contributed by atoms with Gasteiger partial charge in [-0.25, -0.2) is 0 Å². The van der Waals surface area contributed by atoms with Gasteiger partial charge in [-0.2, -0.15) is 0 Å². The van der Waals surface area contributed by atoms with Crippen LogP contribution < -0.4 is 5.32 Å².